The highest BCUT2D eigenvalue weighted by Crippen LogP contribution is 2.42. The van der Waals surface area contributed by atoms with E-state index in [0.29, 0.717) is 17.4 Å². The number of halogens is 1. The van der Waals surface area contributed by atoms with Crippen molar-refractivity contribution >= 4 is 0 Å². The van der Waals surface area contributed by atoms with Gasteiger partial charge in [-0.15, -0.1) is 0 Å². The van der Waals surface area contributed by atoms with Gasteiger partial charge in [-0.25, -0.2) is 4.39 Å². The predicted octanol–water partition coefficient (Wildman–Crippen LogP) is 4.61. The summed E-state index contributed by atoms with van der Waals surface area (Å²) in [4.78, 5) is 0. The molecule has 0 heterocycles. The largest absolute Gasteiger partial charge is 0.313 e. The standard InChI is InChI=1S/C17H26FN/c1-12-11-14(5-6-15(12)18)16(19-4)13-7-9-17(2,3)10-8-13/h5-6,11,13,16,19H,7-10H2,1-4H3. The molecule has 0 radical (unpaired) electrons. The summed E-state index contributed by atoms with van der Waals surface area (Å²) in [7, 11) is 2.02. The molecule has 1 aliphatic rings. The first-order chi connectivity index (χ1) is 8.93. The van der Waals surface area contributed by atoms with Crippen LogP contribution in [-0.4, -0.2) is 7.05 Å². The van der Waals surface area contributed by atoms with E-state index in [0.717, 1.165) is 5.56 Å². The summed E-state index contributed by atoms with van der Waals surface area (Å²) < 4.78 is 13.4. The molecule has 0 spiro atoms. The highest BCUT2D eigenvalue weighted by molar-refractivity contribution is 5.27. The van der Waals surface area contributed by atoms with Gasteiger partial charge in [0.25, 0.3) is 0 Å². The second kappa shape index (κ2) is 5.62. The number of hydrogen-bond donors (Lipinski definition) is 1. The number of rotatable bonds is 3. The van der Waals surface area contributed by atoms with Gasteiger partial charge in [0.2, 0.25) is 0 Å². The number of aryl methyl sites for hydroxylation is 1. The Hall–Kier alpha value is -0.890. The van der Waals surface area contributed by atoms with Gasteiger partial charge in [-0.1, -0.05) is 26.0 Å². The van der Waals surface area contributed by atoms with Gasteiger partial charge in [-0.2, -0.15) is 0 Å². The maximum atomic E-state index is 13.4. The molecular weight excluding hydrogens is 237 g/mol. The van der Waals surface area contributed by atoms with E-state index >= 15 is 0 Å². The summed E-state index contributed by atoms with van der Waals surface area (Å²) in [5.74, 6) is 0.561. The third kappa shape index (κ3) is 3.36. The van der Waals surface area contributed by atoms with E-state index in [1.807, 2.05) is 26.1 Å². The summed E-state index contributed by atoms with van der Waals surface area (Å²) in [6.45, 7) is 6.56. The first-order valence-electron chi connectivity index (χ1n) is 7.36. The minimum Gasteiger partial charge on any atom is -0.313 e. The van der Waals surface area contributed by atoms with Crippen LogP contribution in [0.1, 0.15) is 56.7 Å². The van der Waals surface area contributed by atoms with E-state index in [9.17, 15) is 4.39 Å². The van der Waals surface area contributed by atoms with Gasteiger partial charge in [0.1, 0.15) is 5.82 Å². The van der Waals surface area contributed by atoms with Gasteiger partial charge in [-0.05, 0) is 68.2 Å². The Morgan fingerprint density at radius 2 is 1.89 bits per heavy atom. The topological polar surface area (TPSA) is 12.0 Å². The lowest BCUT2D eigenvalue weighted by atomic mass is 9.70. The van der Waals surface area contributed by atoms with E-state index < -0.39 is 0 Å². The summed E-state index contributed by atoms with van der Waals surface area (Å²) in [6.07, 6.45) is 5.09. The summed E-state index contributed by atoms with van der Waals surface area (Å²) in [5, 5.41) is 3.44. The van der Waals surface area contributed by atoms with Gasteiger partial charge >= 0.3 is 0 Å². The number of benzene rings is 1. The third-order valence-electron chi connectivity index (χ3n) is 4.71. The molecule has 1 saturated carbocycles. The Kier molecular flexibility index (Phi) is 4.29. The van der Waals surface area contributed by atoms with Crippen molar-refractivity contribution in [1.29, 1.82) is 0 Å². The van der Waals surface area contributed by atoms with Crippen molar-refractivity contribution in [3.63, 3.8) is 0 Å². The van der Waals surface area contributed by atoms with Crippen LogP contribution in [0.4, 0.5) is 4.39 Å². The number of nitrogens with one attached hydrogen (secondary N) is 1. The highest BCUT2D eigenvalue weighted by atomic mass is 19.1. The van der Waals surface area contributed by atoms with Crippen LogP contribution < -0.4 is 5.32 Å². The second-order valence-corrected chi connectivity index (χ2v) is 6.78. The Morgan fingerprint density at radius 3 is 2.42 bits per heavy atom. The normalized spacial score (nSPS) is 21.3. The molecule has 1 nitrogen and oxygen atoms in total. The molecule has 1 fully saturated rings. The van der Waals surface area contributed by atoms with Crippen LogP contribution in [0.2, 0.25) is 0 Å². The first kappa shape index (κ1) is 14.5. The predicted molar refractivity (Wildman–Crippen MR) is 78.7 cm³/mol. The van der Waals surface area contributed by atoms with Crippen LogP contribution in [0.15, 0.2) is 18.2 Å². The molecule has 106 valence electrons. The molecule has 1 aromatic carbocycles. The molecule has 1 atom stereocenters. The molecule has 1 unspecified atom stereocenters. The molecule has 0 aromatic heterocycles. The molecule has 19 heavy (non-hydrogen) atoms. The number of hydrogen-bond acceptors (Lipinski definition) is 1. The van der Waals surface area contributed by atoms with Crippen molar-refractivity contribution in [2.24, 2.45) is 11.3 Å². The highest BCUT2D eigenvalue weighted by Gasteiger charge is 2.31. The first-order valence-corrected chi connectivity index (χ1v) is 7.36. The van der Waals surface area contributed by atoms with Crippen molar-refractivity contribution in [3.05, 3.63) is 35.1 Å². The average Bonchev–Trinajstić information content (AvgIpc) is 2.36. The molecule has 0 bridgehead atoms. The molecule has 2 rings (SSSR count). The second-order valence-electron chi connectivity index (χ2n) is 6.78. The summed E-state index contributed by atoms with van der Waals surface area (Å²) in [5.41, 5.74) is 2.47. The molecule has 1 aliphatic carbocycles. The van der Waals surface area contributed by atoms with Crippen molar-refractivity contribution in [2.45, 2.75) is 52.5 Å². The Balaban J connectivity index is 2.14. The monoisotopic (exact) mass is 263 g/mol. The van der Waals surface area contributed by atoms with Crippen molar-refractivity contribution in [2.75, 3.05) is 7.05 Å². The quantitative estimate of drug-likeness (QED) is 0.839. The van der Waals surface area contributed by atoms with Gasteiger partial charge in [0, 0.05) is 6.04 Å². The van der Waals surface area contributed by atoms with E-state index in [2.05, 4.69) is 19.2 Å². The van der Waals surface area contributed by atoms with E-state index in [1.54, 1.807) is 6.07 Å². The van der Waals surface area contributed by atoms with E-state index in [-0.39, 0.29) is 5.82 Å². The zero-order valence-electron chi connectivity index (χ0n) is 12.6. The molecule has 1 N–H and O–H groups in total. The fourth-order valence-corrected chi connectivity index (χ4v) is 3.29. The molecule has 0 amide bonds. The molecule has 0 aliphatic heterocycles. The smallest absolute Gasteiger partial charge is 0.126 e. The SMILES string of the molecule is CNC(c1ccc(F)c(C)c1)C1CCC(C)(C)CC1. The van der Waals surface area contributed by atoms with Crippen LogP contribution in [0.25, 0.3) is 0 Å². The molecule has 2 heteroatoms. The Labute approximate surface area is 116 Å². The lowest BCUT2D eigenvalue weighted by Gasteiger charge is -2.38. The van der Waals surface area contributed by atoms with Gasteiger partial charge in [0.05, 0.1) is 0 Å². The van der Waals surface area contributed by atoms with Crippen LogP contribution in [-0.2, 0) is 0 Å². The molecule has 1 aromatic rings. The van der Waals surface area contributed by atoms with Crippen molar-refractivity contribution < 1.29 is 4.39 Å². The fraction of sp³-hybridized carbons (Fsp3) is 0.647. The molecule has 0 saturated heterocycles. The summed E-state index contributed by atoms with van der Waals surface area (Å²) in [6, 6.07) is 5.89. The van der Waals surface area contributed by atoms with Crippen molar-refractivity contribution in [3.8, 4) is 0 Å². The van der Waals surface area contributed by atoms with Crippen LogP contribution in [0.3, 0.4) is 0 Å². The summed E-state index contributed by atoms with van der Waals surface area (Å²) >= 11 is 0. The van der Waals surface area contributed by atoms with Gasteiger partial charge in [-0.3, -0.25) is 0 Å². The minimum atomic E-state index is -0.108. The minimum absolute atomic E-state index is 0.108. The average molecular weight is 263 g/mol. The van der Waals surface area contributed by atoms with Crippen molar-refractivity contribution in [1.82, 2.24) is 5.32 Å². The zero-order valence-corrected chi connectivity index (χ0v) is 12.6. The van der Waals surface area contributed by atoms with E-state index in [4.69, 9.17) is 0 Å². The zero-order chi connectivity index (χ0) is 14.0. The van der Waals surface area contributed by atoms with Crippen LogP contribution >= 0.6 is 0 Å². The lowest BCUT2D eigenvalue weighted by Crippen LogP contribution is -2.31. The van der Waals surface area contributed by atoms with Crippen LogP contribution in [0, 0.1) is 24.1 Å². The van der Waals surface area contributed by atoms with Gasteiger partial charge < -0.3 is 5.32 Å². The molecular formula is C17H26FN. The van der Waals surface area contributed by atoms with Gasteiger partial charge in [0.15, 0.2) is 0 Å². The van der Waals surface area contributed by atoms with Crippen LogP contribution in [0.5, 0.6) is 0 Å². The maximum absolute atomic E-state index is 13.4. The lowest BCUT2D eigenvalue weighted by molar-refractivity contribution is 0.164. The Bertz CT molecular complexity index is 429. The van der Waals surface area contributed by atoms with E-state index in [1.165, 1.54) is 31.2 Å². The third-order valence-corrected chi connectivity index (χ3v) is 4.71. The maximum Gasteiger partial charge on any atom is 0.126 e. The fourth-order valence-electron chi connectivity index (χ4n) is 3.29. The Morgan fingerprint density at radius 1 is 1.26 bits per heavy atom.